The highest BCUT2D eigenvalue weighted by Gasteiger charge is 2.14. The minimum Gasteiger partial charge on any atom is -0.326 e. The van der Waals surface area contributed by atoms with Gasteiger partial charge in [0, 0.05) is 11.6 Å². The van der Waals surface area contributed by atoms with Crippen LogP contribution in [0.3, 0.4) is 0 Å². The van der Waals surface area contributed by atoms with Gasteiger partial charge in [-0.15, -0.1) is 11.6 Å². The van der Waals surface area contributed by atoms with Gasteiger partial charge in [-0.05, 0) is 25.0 Å². The van der Waals surface area contributed by atoms with Gasteiger partial charge in [0.25, 0.3) is 0 Å². The van der Waals surface area contributed by atoms with Gasteiger partial charge in [0.15, 0.2) is 0 Å². The molecule has 0 saturated carbocycles. The van der Waals surface area contributed by atoms with E-state index in [4.69, 9.17) is 11.6 Å². The number of carbonyl (C=O) groups is 1. The average Bonchev–Trinajstić information content (AvgIpc) is 2.29. The van der Waals surface area contributed by atoms with E-state index in [-0.39, 0.29) is 17.2 Å². The van der Waals surface area contributed by atoms with Crippen LogP contribution in [0.4, 0.5) is 5.69 Å². The molecule has 0 radical (unpaired) electrons. The number of hydrogen-bond acceptors (Lipinski definition) is 1. The lowest BCUT2D eigenvalue weighted by molar-refractivity contribution is -0.119. The molecule has 0 heterocycles. The van der Waals surface area contributed by atoms with Gasteiger partial charge >= 0.3 is 0 Å². The average molecular weight is 254 g/mol. The van der Waals surface area contributed by atoms with Gasteiger partial charge < -0.3 is 5.32 Å². The zero-order chi connectivity index (χ0) is 12.8. The predicted molar refractivity (Wildman–Crippen MR) is 73.4 cm³/mol. The van der Waals surface area contributed by atoms with Crippen molar-refractivity contribution in [3.05, 3.63) is 29.8 Å². The zero-order valence-corrected chi connectivity index (χ0v) is 11.4. The number of benzene rings is 1. The van der Waals surface area contributed by atoms with E-state index < -0.39 is 0 Å². The number of halogens is 1. The Morgan fingerprint density at radius 1 is 1.35 bits per heavy atom. The van der Waals surface area contributed by atoms with E-state index in [0.29, 0.717) is 0 Å². The van der Waals surface area contributed by atoms with E-state index >= 15 is 0 Å². The molecule has 0 fully saturated rings. The number of nitrogens with one attached hydrogen (secondary N) is 1. The number of carbonyl (C=O) groups excluding carboxylic acids is 1. The minimum absolute atomic E-state index is 0.0405. The molecule has 1 rings (SSSR count). The molecule has 0 aliphatic rings. The molecule has 2 unspecified atom stereocenters. The summed E-state index contributed by atoms with van der Waals surface area (Å²) >= 11 is 6.08. The van der Waals surface area contributed by atoms with Gasteiger partial charge in [0.2, 0.25) is 5.91 Å². The fourth-order valence-electron chi connectivity index (χ4n) is 1.78. The van der Waals surface area contributed by atoms with Crippen LogP contribution < -0.4 is 5.32 Å². The molecule has 0 bridgehead atoms. The molecule has 94 valence electrons. The van der Waals surface area contributed by atoms with Gasteiger partial charge in [-0.2, -0.15) is 0 Å². The van der Waals surface area contributed by atoms with Crippen LogP contribution in [-0.4, -0.2) is 5.91 Å². The third kappa shape index (κ3) is 4.04. The topological polar surface area (TPSA) is 29.1 Å². The van der Waals surface area contributed by atoms with Crippen LogP contribution in [0.25, 0.3) is 0 Å². The van der Waals surface area contributed by atoms with Crippen molar-refractivity contribution in [3.63, 3.8) is 0 Å². The fraction of sp³-hybridized carbons (Fsp3) is 0.500. The first kappa shape index (κ1) is 14.0. The molecule has 2 atom stereocenters. The number of para-hydroxylation sites is 1. The summed E-state index contributed by atoms with van der Waals surface area (Å²) in [6.45, 7) is 5.94. The molecule has 1 aromatic rings. The Morgan fingerprint density at radius 3 is 2.59 bits per heavy atom. The Labute approximate surface area is 108 Å². The predicted octanol–water partition coefficient (Wildman–Crippen LogP) is 4.36. The smallest absolute Gasteiger partial charge is 0.227 e. The van der Waals surface area contributed by atoms with Crippen LogP contribution in [0.15, 0.2) is 24.3 Å². The second kappa shape index (κ2) is 6.65. The zero-order valence-electron chi connectivity index (χ0n) is 10.7. The van der Waals surface area contributed by atoms with Gasteiger partial charge in [-0.25, -0.2) is 0 Å². The van der Waals surface area contributed by atoms with E-state index in [9.17, 15) is 4.79 Å². The molecule has 17 heavy (non-hydrogen) atoms. The summed E-state index contributed by atoms with van der Waals surface area (Å²) in [6.07, 6.45) is 1.92. The second-order valence-corrected chi connectivity index (χ2v) is 5.04. The van der Waals surface area contributed by atoms with Crippen molar-refractivity contribution in [1.29, 1.82) is 0 Å². The number of anilines is 1. The van der Waals surface area contributed by atoms with Crippen LogP contribution in [0.5, 0.6) is 0 Å². The lowest BCUT2D eigenvalue weighted by Gasteiger charge is -2.15. The first-order valence-corrected chi connectivity index (χ1v) is 6.53. The van der Waals surface area contributed by atoms with E-state index in [0.717, 1.165) is 24.1 Å². The van der Waals surface area contributed by atoms with Crippen molar-refractivity contribution in [2.45, 2.75) is 39.0 Å². The molecule has 0 saturated heterocycles. The van der Waals surface area contributed by atoms with Crippen molar-refractivity contribution < 1.29 is 4.79 Å². The van der Waals surface area contributed by atoms with E-state index in [1.165, 1.54) is 0 Å². The lowest BCUT2D eigenvalue weighted by atomic mass is 10.0. The maximum Gasteiger partial charge on any atom is 0.227 e. The Hall–Kier alpha value is -1.02. The van der Waals surface area contributed by atoms with Crippen molar-refractivity contribution in [1.82, 2.24) is 0 Å². The summed E-state index contributed by atoms with van der Waals surface area (Å²) in [4.78, 5) is 11.9. The molecule has 0 aliphatic heterocycles. The highest BCUT2D eigenvalue weighted by molar-refractivity contribution is 6.21. The van der Waals surface area contributed by atoms with Crippen LogP contribution in [0.2, 0.25) is 0 Å². The van der Waals surface area contributed by atoms with Crippen molar-refractivity contribution >= 4 is 23.2 Å². The lowest BCUT2D eigenvalue weighted by Crippen LogP contribution is -2.21. The molecule has 0 spiro atoms. The third-order valence-electron chi connectivity index (χ3n) is 2.82. The Kier molecular flexibility index (Phi) is 5.49. The van der Waals surface area contributed by atoms with Crippen LogP contribution in [-0.2, 0) is 4.79 Å². The number of rotatable bonds is 5. The first-order valence-electron chi connectivity index (χ1n) is 6.10. The molecule has 3 heteroatoms. The standard InChI is InChI=1S/C14H20ClNO/c1-4-7-10(2)14(17)16-13-9-6-5-8-12(13)11(3)15/h5-6,8-11H,4,7H2,1-3H3,(H,16,17). The van der Waals surface area contributed by atoms with Crippen molar-refractivity contribution in [2.75, 3.05) is 5.32 Å². The number of amides is 1. The van der Waals surface area contributed by atoms with Crippen molar-refractivity contribution in [2.24, 2.45) is 5.92 Å². The van der Waals surface area contributed by atoms with Gasteiger partial charge in [-0.1, -0.05) is 38.5 Å². The fourth-order valence-corrected chi connectivity index (χ4v) is 1.97. The van der Waals surface area contributed by atoms with Crippen LogP contribution >= 0.6 is 11.6 Å². The van der Waals surface area contributed by atoms with E-state index in [2.05, 4.69) is 12.2 Å². The van der Waals surface area contributed by atoms with Gasteiger partial charge in [0.05, 0.1) is 5.38 Å². The van der Waals surface area contributed by atoms with E-state index in [1.54, 1.807) is 0 Å². The largest absolute Gasteiger partial charge is 0.326 e. The normalized spacial score (nSPS) is 14.1. The number of hydrogen-bond donors (Lipinski definition) is 1. The SMILES string of the molecule is CCCC(C)C(=O)Nc1ccccc1C(C)Cl. The first-order chi connectivity index (χ1) is 8.06. The maximum absolute atomic E-state index is 11.9. The van der Waals surface area contributed by atoms with Gasteiger partial charge in [0.1, 0.15) is 0 Å². The van der Waals surface area contributed by atoms with Crippen LogP contribution in [0, 0.1) is 5.92 Å². The molecule has 1 aromatic carbocycles. The molecule has 0 aliphatic carbocycles. The maximum atomic E-state index is 11.9. The van der Waals surface area contributed by atoms with Crippen LogP contribution in [0.1, 0.15) is 44.6 Å². The third-order valence-corrected chi connectivity index (χ3v) is 3.05. The molecule has 1 N–H and O–H groups in total. The summed E-state index contributed by atoms with van der Waals surface area (Å²) in [5.41, 5.74) is 1.79. The molecule has 0 aromatic heterocycles. The number of alkyl halides is 1. The molecule has 1 amide bonds. The summed E-state index contributed by atoms with van der Waals surface area (Å²) in [5, 5.41) is 2.85. The quantitative estimate of drug-likeness (QED) is 0.776. The summed E-state index contributed by atoms with van der Waals surface area (Å²) < 4.78 is 0. The summed E-state index contributed by atoms with van der Waals surface area (Å²) in [6, 6.07) is 7.67. The Bertz CT molecular complexity index is 376. The second-order valence-electron chi connectivity index (χ2n) is 4.38. The van der Waals surface area contributed by atoms with E-state index in [1.807, 2.05) is 38.1 Å². The van der Waals surface area contributed by atoms with Gasteiger partial charge in [-0.3, -0.25) is 4.79 Å². The van der Waals surface area contributed by atoms with Crippen molar-refractivity contribution in [3.8, 4) is 0 Å². The molecular weight excluding hydrogens is 234 g/mol. The molecular formula is C14H20ClNO. The minimum atomic E-state index is -0.104. The summed E-state index contributed by atoms with van der Waals surface area (Å²) in [7, 11) is 0. The summed E-state index contributed by atoms with van der Waals surface area (Å²) in [5.74, 6) is 0.107. The monoisotopic (exact) mass is 253 g/mol. The highest BCUT2D eigenvalue weighted by atomic mass is 35.5. The Morgan fingerprint density at radius 2 is 2.00 bits per heavy atom. The molecule has 2 nitrogen and oxygen atoms in total. The highest BCUT2D eigenvalue weighted by Crippen LogP contribution is 2.27. The Balaban J connectivity index is 2.77.